The first kappa shape index (κ1) is 16.7. The molecule has 0 rings (SSSR count). The molecule has 0 heterocycles. The monoisotopic (exact) mass is 269 g/mol. The molecule has 0 aliphatic carbocycles. The summed E-state index contributed by atoms with van der Waals surface area (Å²) in [5, 5.41) is 8.71. The highest BCUT2D eigenvalue weighted by atomic mass is 32.2. The van der Waals surface area contributed by atoms with Crippen LogP contribution in [-0.4, -0.2) is 28.7 Å². The van der Waals surface area contributed by atoms with Gasteiger partial charge in [0.05, 0.1) is 5.75 Å². The first-order chi connectivity index (χ1) is 8.36. The summed E-state index contributed by atoms with van der Waals surface area (Å²) in [6, 6.07) is -0.904. The van der Waals surface area contributed by atoms with E-state index in [0.29, 0.717) is 5.75 Å². The summed E-state index contributed by atoms with van der Waals surface area (Å²) < 4.78 is 0. The number of Topliss-reactive ketones (excluding diaryl/α,β-unsaturated/α-hetero) is 1. The number of nitrogens with two attached hydrogens (primary N) is 1. The summed E-state index contributed by atoms with van der Waals surface area (Å²) >= 11 is 1.36. The van der Waals surface area contributed by atoms with E-state index in [9.17, 15) is 9.59 Å². The maximum absolute atomic E-state index is 10.8. The molecular weight excluding hydrogens is 250 g/mol. The van der Waals surface area contributed by atoms with Crippen LogP contribution in [0.1, 0.15) is 20.3 Å². The number of hydrogen-bond acceptors (Lipinski definition) is 4. The minimum atomic E-state index is -1.02. The molecule has 0 spiro atoms. The van der Waals surface area contributed by atoms with Gasteiger partial charge in [-0.25, -0.2) is 0 Å². The van der Waals surface area contributed by atoms with E-state index < -0.39 is 12.0 Å². The Morgan fingerprint density at radius 2 is 2.06 bits per heavy atom. The number of ketones is 1. The molecule has 0 radical (unpaired) electrons. The van der Waals surface area contributed by atoms with Gasteiger partial charge in [-0.3, -0.25) is 9.59 Å². The van der Waals surface area contributed by atoms with Crippen LogP contribution >= 0.6 is 11.8 Å². The van der Waals surface area contributed by atoms with E-state index in [4.69, 9.17) is 10.8 Å². The Labute approximate surface area is 112 Å². The number of carbonyl (C=O) groups is 2. The highest BCUT2D eigenvalue weighted by molar-refractivity contribution is 8.03. The van der Waals surface area contributed by atoms with Gasteiger partial charge in [0.1, 0.15) is 11.8 Å². The van der Waals surface area contributed by atoms with Crippen LogP contribution in [0.2, 0.25) is 0 Å². The van der Waals surface area contributed by atoms with Crippen molar-refractivity contribution >= 4 is 23.5 Å². The maximum atomic E-state index is 10.8. The van der Waals surface area contributed by atoms with Crippen molar-refractivity contribution in [2.24, 2.45) is 5.73 Å². The van der Waals surface area contributed by atoms with Gasteiger partial charge in [-0.2, -0.15) is 0 Å². The highest BCUT2D eigenvalue weighted by Crippen LogP contribution is 2.16. The summed E-state index contributed by atoms with van der Waals surface area (Å²) in [4.78, 5) is 22.2. The normalized spacial score (nSPS) is 13.6. The summed E-state index contributed by atoms with van der Waals surface area (Å²) in [6.07, 6.45) is 5.62. The standard InChI is InChI=1S/C13H19NO3S/c1-4-11(7-12(14)13(16)17)6-5-10(3)18-8-9(2)15/h4-6,12H,3,7-8,14H2,1-2H3,(H,16,17)/b6-5-,11-4+. The van der Waals surface area contributed by atoms with Gasteiger partial charge in [0.25, 0.3) is 0 Å². The van der Waals surface area contributed by atoms with Crippen LogP contribution in [0.25, 0.3) is 0 Å². The summed E-state index contributed by atoms with van der Waals surface area (Å²) in [7, 11) is 0. The minimum Gasteiger partial charge on any atom is -0.480 e. The van der Waals surface area contributed by atoms with Crippen LogP contribution in [0.3, 0.4) is 0 Å². The molecule has 0 aromatic heterocycles. The lowest BCUT2D eigenvalue weighted by atomic mass is 10.1. The van der Waals surface area contributed by atoms with Crippen LogP contribution in [0.5, 0.6) is 0 Å². The third kappa shape index (κ3) is 7.86. The van der Waals surface area contributed by atoms with Gasteiger partial charge in [-0.05, 0) is 26.3 Å². The number of allylic oxidation sites excluding steroid dienone is 3. The number of carboxylic acid groups (broad SMARTS) is 1. The Kier molecular flexibility index (Phi) is 8.07. The van der Waals surface area contributed by atoms with Crippen LogP contribution in [0.4, 0.5) is 0 Å². The van der Waals surface area contributed by atoms with E-state index in [0.717, 1.165) is 10.5 Å². The van der Waals surface area contributed by atoms with Crippen molar-refractivity contribution in [2.45, 2.75) is 26.3 Å². The van der Waals surface area contributed by atoms with Crippen LogP contribution < -0.4 is 5.73 Å². The second-order valence-electron chi connectivity index (χ2n) is 3.80. The number of thioether (sulfide) groups is 1. The molecule has 0 aliphatic rings. The lowest BCUT2D eigenvalue weighted by Gasteiger charge is -2.06. The van der Waals surface area contributed by atoms with Gasteiger partial charge in [-0.15, -0.1) is 11.8 Å². The molecule has 18 heavy (non-hydrogen) atoms. The predicted octanol–water partition coefficient (Wildman–Crippen LogP) is 2.13. The largest absolute Gasteiger partial charge is 0.480 e. The molecule has 5 heteroatoms. The molecule has 0 aromatic rings. The Balaban J connectivity index is 4.33. The number of carbonyl (C=O) groups excluding carboxylic acids is 1. The molecule has 3 N–H and O–H groups in total. The van der Waals surface area contributed by atoms with Crippen molar-refractivity contribution in [2.75, 3.05) is 5.75 Å². The summed E-state index contributed by atoms with van der Waals surface area (Å²) in [5.74, 6) is -0.538. The molecule has 4 nitrogen and oxygen atoms in total. The molecule has 1 unspecified atom stereocenters. The SMILES string of the molecule is C=C(/C=C\C(=C/C)CC(N)C(=O)O)SCC(C)=O. The first-order valence-electron chi connectivity index (χ1n) is 5.49. The Morgan fingerprint density at radius 3 is 2.50 bits per heavy atom. The summed E-state index contributed by atoms with van der Waals surface area (Å²) in [6.45, 7) is 7.14. The van der Waals surface area contributed by atoms with E-state index in [1.807, 2.05) is 13.0 Å². The zero-order valence-electron chi connectivity index (χ0n) is 10.7. The molecule has 0 saturated heterocycles. The average Bonchev–Trinajstić information content (AvgIpc) is 2.31. The quantitative estimate of drug-likeness (QED) is 0.660. The van der Waals surface area contributed by atoms with E-state index in [2.05, 4.69) is 6.58 Å². The Hall–Kier alpha value is -1.33. The predicted molar refractivity (Wildman–Crippen MR) is 75.4 cm³/mol. The van der Waals surface area contributed by atoms with Crippen LogP contribution in [-0.2, 0) is 9.59 Å². The second kappa shape index (κ2) is 8.72. The zero-order valence-corrected chi connectivity index (χ0v) is 11.5. The molecular formula is C13H19NO3S. The van der Waals surface area contributed by atoms with Crippen LogP contribution in [0.15, 0.2) is 35.3 Å². The fraction of sp³-hybridized carbons (Fsp3) is 0.385. The fourth-order valence-corrected chi connectivity index (χ4v) is 1.62. The lowest BCUT2D eigenvalue weighted by Crippen LogP contribution is -2.30. The smallest absolute Gasteiger partial charge is 0.320 e. The third-order valence-corrected chi connectivity index (χ3v) is 3.15. The van der Waals surface area contributed by atoms with Crippen LogP contribution in [0, 0.1) is 0 Å². The molecule has 0 amide bonds. The Morgan fingerprint density at radius 1 is 1.44 bits per heavy atom. The Bertz CT molecular complexity index is 386. The van der Waals surface area contributed by atoms with E-state index in [1.165, 1.54) is 18.7 Å². The maximum Gasteiger partial charge on any atom is 0.320 e. The van der Waals surface area contributed by atoms with Crippen molar-refractivity contribution < 1.29 is 14.7 Å². The molecule has 0 saturated carbocycles. The molecule has 0 bridgehead atoms. The second-order valence-corrected chi connectivity index (χ2v) is 4.90. The number of carboxylic acids is 1. The average molecular weight is 269 g/mol. The van der Waals surface area contributed by atoms with E-state index in [-0.39, 0.29) is 12.2 Å². The molecule has 0 fully saturated rings. The van der Waals surface area contributed by atoms with Gasteiger partial charge >= 0.3 is 5.97 Å². The van der Waals surface area contributed by atoms with Crippen molar-refractivity contribution in [3.8, 4) is 0 Å². The van der Waals surface area contributed by atoms with Gasteiger partial charge in [-0.1, -0.05) is 24.3 Å². The van der Waals surface area contributed by atoms with E-state index in [1.54, 1.807) is 12.2 Å². The first-order valence-corrected chi connectivity index (χ1v) is 6.48. The minimum absolute atomic E-state index is 0.0914. The van der Waals surface area contributed by atoms with Gasteiger partial charge in [0, 0.05) is 4.91 Å². The van der Waals surface area contributed by atoms with Crippen molar-refractivity contribution in [1.82, 2.24) is 0 Å². The van der Waals surface area contributed by atoms with Crippen molar-refractivity contribution in [3.05, 3.63) is 35.3 Å². The van der Waals surface area contributed by atoms with E-state index >= 15 is 0 Å². The topological polar surface area (TPSA) is 80.4 Å². The molecule has 0 aromatic carbocycles. The third-order valence-electron chi connectivity index (χ3n) is 2.09. The van der Waals surface area contributed by atoms with Gasteiger partial charge in [0.2, 0.25) is 0 Å². The van der Waals surface area contributed by atoms with Crippen molar-refractivity contribution in [3.63, 3.8) is 0 Å². The molecule has 1 atom stereocenters. The highest BCUT2D eigenvalue weighted by Gasteiger charge is 2.11. The molecule has 100 valence electrons. The van der Waals surface area contributed by atoms with Crippen molar-refractivity contribution in [1.29, 1.82) is 0 Å². The fourth-order valence-electron chi connectivity index (χ4n) is 1.07. The lowest BCUT2D eigenvalue weighted by molar-refractivity contribution is -0.138. The number of aliphatic carboxylic acids is 1. The zero-order chi connectivity index (χ0) is 14.1. The summed E-state index contributed by atoms with van der Waals surface area (Å²) in [5.41, 5.74) is 6.28. The molecule has 0 aliphatic heterocycles. The number of rotatable bonds is 8. The van der Waals surface area contributed by atoms with Gasteiger partial charge < -0.3 is 10.8 Å². The number of hydrogen-bond donors (Lipinski definition) is 2. The van der Waals surface area contributed by atoms with Gasteiger partial charge in [0.15, 0.2) is 0 Å².